The quantitative estimate of drug-likeness (QED) is 0.423. The fraction of sp³-hybridized carbons (Fsp3) is 0.192. The Bertz CT molecular complexity index is 1280. The molecule has 2 aliphatic rings. The minimum absolute atomic E-state index is 0.0645. The van der Waals surface area contributed by atoms with Crippen molar-refractivity contribution in [3.05, 3.63) is 87.0 Å². The van der Waals surface area contributed by atoms with E-state index < -0.39 is 0 Å². The van der Waals surface area contributed by atoms with Crippen LogP contribution in [0.4, 0.5) is 10.5 Å². The summed E-state index contributed by atoms with van der Waals surface area (Å²) < 4.78 is 5.31. The third kappa shape index (κ3) is 4.51. The van der Waals surface area contributed by atoms with Gasteiger partial charge in [-0.1, -0.05) is 18.2 Å². The Morgan fingerprint density at radius 1 is 1.09 bits per heavy atom. The Morgan fingerprint density at radius 2 is 1.85 bits per heavy atom. The van der Waals surface area contributed by atoms with E-state index >= 15 is 0 Å². The molecule has 0 radical (unpaired) electrons. The SMILES string of the molecule is COc1ccc(C2=NN(C3=NC(=O)S/C3=C\c3cccs3)C(c3ccc(N(C)C)cc3)C2)cc1. The molecule has 34 heavy (non-hydrogen) atoms. The van der Waals surface area contributed by atoms with Crippen molar-refractivity contribution in [2.75, 3.05) is 26.1 Å². The van der Waals surface area contributed by atoms with Crippen LogP contribution in [-0.4, -0.2) is 43.0 Å². The summed E-state index contributed by atoms with van der Waals surface area (Å²) in [7, 11) is 5.71. The van der Waals surface area contributed by atoms with Crippen LogP contribution in [-0.2, 0) is 0 Å². The predicted octanol–water partition coefficient (Wildman–Crippen LogP) is 6.28. The zero-order chi connectivity index (χ0) is 23.7. The van der Waals surface area contributed by atoms with Gasteiger partial charge in [0.15, 0.2) is 5.84 Å². The largest absolute Gasteiger partial charge is 0.497 e. The van der Waals surface area contributed by atoms with Crippen LogP contribution in [0, 0.1) is 0 Å². The number of benzene rings is 2. The molecule has 3 heterocycles. The van der Waals surface area contributed by atoms with Crippen molar-refractivity contribution >= 4 is 51.6 Å². The van der Waals surface area contributed by atoms with Crippen LogP contribution in [0.15, 0.2) is 81.0 Å². The smallest absolute Gasteiger partial charge is 0.311 e. The van der Waals surface area contributed by atoms with Crippen molar-refractivity contribution in [2.24, 2.45) is 10.1 Å². The molecule has 5 rings (SSSR count). The summed E-state index contributed by atoms with van der Waals surface area (Å²) in [5, 5.41) is 8.72. The predicted molar refractivity (Wildman–Crippen MR) is 142 cm³/mol. The Morgan fingerprint density at radius 3 is 2.50 bits per heavy atom. The number of ether oxygens (including phenoxy) is 1. The second-order valence-electron chi connectivity index (χ2n) is 8.15. The number of thiophene rings is 1. The Balaban J connectivity index is 1.54. The lowest BCUT2D eigenvalue weighted by molar-refractivity contribution is 0.267. The maximum absolute atomic E-state index is 12.4. The highest BCUT2D eigenvalue weighted by Crippen LogP contribution is 2.40. The summed E-state index contributed by atoms with van der Waals surface area (Å²) in [5.41, 5.74) is 4.23. The molecule has 0 N–H and O–H groups in total. The van der Waals surface area contributed by atoms with Crippen LogP contribution >= 0.6 is 23.1 Å². The maximum Gasteiger partial charge on any atom is 0.311 e. The molecule has 2 aromatic carbocycles. The van der Waals surface area contributed by atoms with E-state index in [-0.39, 0.29) is 11.3 Å². The number of aliphatic imine (C=N–C) groups is 1. The summed E-state index contributed by atoms with van der Waals surface area (Å²) in [5.74, 6) is 1.41. The third-order valence-electron chi connectivity index (χ3n) is 5.78. The summed E-state index contributed by atoms with van der Waals surface area (Å²) in [6.45, 7) is 0. The van der Waals surface area contributed by atoms with E-state index in [1.54, 1.807) is 18.4 Å². The number of hydrogen-bond donors (Lipinski definition) is 0. The minimum Gasteiger partial charge on any atom is -0.497 e. The number of nitrogens with zero attached hydrogens (tertiary/aromatic N) is 4. The van der Waals surface area contributed by atoms with Crippen LogP contribution in [0.1, 0.15) is 28.5 Å². The van der Waals surface area contributed by atoms with Gasteiger partial charge < -0.3 is 9.64 Å². The molecule has 1 amide bonds. The molecule has 1 unspecified atom stereocenters. The highest BCUT2D eigenvalue weighted by atomic mass is 32.2. The number of anilines is 1. The molecule has 0 aliphatic carbocycles. The number of hydrazone groups is 1. The first kappa shape index (κ1) is 22.4. The van der Waals surface area contributed by atoms with Gasteiger partial charge in [0.1, 0.15) is 5.75 Å². The normalized spacial score (nSPS) is 18.9. The second kappa shape index (κ2) is 9.48. The molecule has 0 saturated carbocycles. The Hall–Kier alpha value is -3.36. The van der Waals surface area contributed by atoms with E-state index in [0.29, 0.717) is 12.3 Å². The number of methoxy groups -OCH3 is 1. The fourth-order valence-corrected chi connectivity index (χ4v) is 5.45. The van der Waals surface area contributed by atoms with E-state index in [9.17, 15) is 4.79 Å². The number of hydrogen-bond acceptors (Lipinski definition) is 7. The van der Waals surface area contributed by atoms with E-state index in [1.165, 1.54) is 0 Å². The van der Waals surface area contributed by atoms with Crippen molar-refractivity contribution < 1.29 is 9.53 Å². The maximum atomic E-state index is 12.4. The van der Waals surface area contributed by atoms with Crippen molar-refractivity contribution in [2.45, 2.75) is 12.5 Å². The van der Waals surface area contributed by atoms with E-state index in [1.807, 2.05) is 67.0 Å². The van der Waals surface area contributed by atoms with Crippen molar-refractivity contribution in [3.8, 4) is 5.75 Å². The number of thioether (sulfide) groups is 1. The molecule has 3 aromatic rings. The first-order valence-corrected chi connectivity index (χ1v) is 12.6. The summed E-state index contributed by atoms with van der Waals surface area (Å²) in [6, 6.07) is 20.4. The molecule has 1 atom stereocenters. The lowest BCUT2D eigenvalue weighted by atomic mass is 9.98. The van der Waals surface area contributed by atoms with Gasteiger partial charge in [-0.15, -0.1) is 11.3 Å². The van der Waals surface area contributed by atoms with Gasteiger partial charge in [0.25, 0.3) is 0 Å². The van der Waals surface area contributed by atoms with Gasteiger partial charge in [-0.05, 0) is 76.8 Å². The van der Waals surface area contributed by atoms with Gasteiger partial charge in [0.05, 0.1) is 23.8 Å². The molecule has 0 spiro atoms. The molecule has 0 fully saturated rings. The standard InChI is InChI=1S/C26H24N4O2S2/c1-29(2)19-10-6-18(7-11-19)23-16-22(17-8-12-20(32-3)13-9-17)28-30(23)25-24(34-26(31)27-25)15-21-5-4-14-33-21/h4-15,23H,16H2,1-3H3/b24-15-. The molecular formula is C26H24N4O2S2. The minimum atomic E-state index is -0.215. The highest BCUT2D eigenvalue weighted by molar-refractivity contribution is 8.18. The number of rotatable bonds is 5. The first-order chi connectivity index (χ1) is 16.5. The van der Waals surface area contributed by atoms with Crippen molar-refractivity contribution in [1.29, 1.82) is 0 Å². The second-order valence-corrected chi connectivity index (χ2v) is 10.1. The van der Waals surface area contributed by atoms with E-state index in [2.05, 4.69) is 34.2 Å². The number of carbonyl (C=O) groups is 1. The molecule has 8 heteroatoms. The number of carbonyl (C=O) groups excluding carboxylic acids is 1. The first-order valence-electron chi connectivity index (χ1n) is 10.9. The van der Waals surface area contributed by atoms with E-state index in [0.717, 1.165) is 49.8 Å². The van der Waals surface area contributed by atoms with Crippen LogP contribution < -0.4 is 9.64 Å². The van der Waals surface area contributed by atoms with Crippen LogP contribution in [0.3, 0.4) is 0 Å². The Kier molecular flexibility index (Phi) is 6.26. The van der Waals surface area contributed by atoms with Crippen LogP contribution in [0.25, 0.3) is 6.08 Å². The van der Waals surface area contributed by atoms with Gasteiger partial charge in [-0.25, -0.2) is 5.01 Å². The molecule has 0 saturated heterocycles. The zero-order valence-corrected chi connectivity index (χ0v) is 20.8. The lowest BCUT2D eigenvalue weighted by Gasteiger charge is -2.24. The highest BCUT2D eigenvalue weighted by Gasteiger charge is 2.37. The van der Waals surface area contributed by atoms with Gasteiger partial charge in [-0.3, -0.25) is 4.79 Å². The Labute approximate surface area is 207 Å². The van der Waals surface area contributed by atoms with Crippen molar-refractivity contribution in [1.82, 2.24) is 5.01 Å². The third-order valence-corrected chi connectivity index (χ3v) is 7.38. The van der Waals surface area contributed by atoms with Crippen LogP contribution in [0.5, 0.6) is 5.75 Å². The molecule has 2 aliphatic heterocycles. The zero-order valence-electron chi connectivity index (χ0n) is 19.1. The number of amides is 1. The number of amidine groups is 1. The van der Waals surface area contributed by atoms with Gasteiger partial charge in [0, 0.05) is 31.1 Å². The topological polar surface area (TPSA) is 57.5 Å². The van der Waals surface area contributed by atoms with Gasteiger partial charge in [-0.2, -0.15) is 10.1 Å². The average Bonchev–Trinajstić information content (AvgIpc) is 3.59. The fourth-order valence-electron chi connectivity index (χ4n) is 3.98. The monoisotopic (exact) mass is 488 g/mol. The summed E-state index contributed by atoms with van der Waals surface area (Å²) in [6.07, 6.45) is 2.73. The van der Waals surface area contributed by atoms with Gasteiger partial charge in [0.2, 0.25) is 0 Å². The van der Waals surface area contributed by atoms with Crippen LogP contribution in [0.2, 0.25) is 0 Å². The average molecular weight is 489 g/mol. The molecule has 6 nitrogen and oxygen atoms in total. The lowest BCUT2D eigenvalue weighted by Crippen LogP contribution is -2.26. The summed E-state index contributed by atoms with van der Waals surface area (Å²) in [4.78, 5) is 20.7. The van der Waals surface area contributed by atoms with Gasteiger partial charge >= 0.3 is 5.24 Å². The van der Waals surface area contributed by atoms with E-state index in [4.69, 9.17) is 9.84 Å². The molecule has 172 valence electrons. The summed E-state index contributed by atoms with van der Waals surface area (Å²) >= 11 is 2.79. The molecule has 0 bridgehead atoms. The molecular weight excluding hydrogens is 464 g/mol. The molecule has 1 aromatic heterocycles. The van der Waals surface area contributed by atoms with Crippen molar-refractivity contribution in [3.63, 3.8) is 0 Å².